The molecule has 1 saturated carbocycles. The Morgan fingerprint density at radius 2 is 1.80 bits per heavy atom. The number of hydrogen-bond acceptors (Lipinski definition) is 3. The van der Waals surface area contributed by atoms with Crippen LogP contribution in [-0.4, -0.2) is 25.5 Å². The third-order valence-electron chi connectivity index (χ3n) is 4.49. The second kappa shape index (κ2) is 7.38. The smallest absolute Gasteiger partial charge is 0.240 e. The summed E-state index contributed by atoms with van der Waals surface area (Å²) in [6.45, 7) is 0.525. The number of carbonyl (C=O) groups is 2. The van der Waals surface area contributed by atoms with Gasteiger partial charge < -0.3 is 15.4 Å². The monoisotopic (exact) mass is 338 g/mol. The lowest BCUT2D eigenvalue weighted by Crippen LogP contribution is -2.40. The highest BCUT2D eigenvalue weighted by molar-refractivity contribution is 6.13. The Hall–Kier alpha value is -2.82. The first-order valence-corrected chi connectivity index (χ1v) is 8.42. The van der Waals surface area contributed by atoms with Gasteiger partial charge in [-0.3, -0.25) is 9.59 Å². The molecular weight excluding hydrogens is 316 g/mol. The zero-order chi connectivity index (χ0) is 17.7. The van der Waals surface area contributed by atoms with Crippen LogP contribution >= 0.6 is 0 Å². The number of benzene rings is 2. The van der Waals surface area contributed by atoms with Crippen molar-refractivity contribution in [3.8, 4) is 5.75 Å². The fourth-order valence-electron chi connectivity index (χ4n) is 2.77. The van der Waals surface area contributed by atoms with Crippen LogP contribution in [0.1, 0.15) is 18.4 Å². The van der Waals surface area contributed by atoms with Crippen molar-refractivity contribution >= 4 is 17.5 Å². The SMILES string of the molecule is COc1cccc(NC(=O)C2(C(=O)NCCc3ccccc3)CC2)c1. The minimum Gasteiger partial charge on any atom is -0.497 e. The van der Waals surface area contributed by atoms with Crippen LogP contribution in [0.5, 0.6) is 5.75 Å². The Morgan fingerprint density at radius 1 is 1.04 bits per heavy atom. The normalized spacial score (nSPS) is 14.4. The summed E-state index contributed by atoms with van der Waals surface area (Å²) in [4.78, 5) is 25.0. The standard InChI is InChI=1S/C20H22N2O3/c1-25-17-9-5-8-16(14-17)22-19(24)20(11-12-20)18(23)21-13-10-15-6-3-2-4-7-15/h2-9,14H,10-13H2,1H3,(H,21,23)(H,22,24). The van der Waals surface area contributed by atoms with Gasteiger partial charge in [0.1, 0.15) is 11.2 Å². The van der Waals surface area contributed by atoms with E-state index in [9.17, 15) is 9.59 Å². The Balaban J connectivity index is 1.55. The van der Waals surface area contributed by atoms with Gasteiger partial charge in [-0.25, -0.2) is 0 Å². The first-order valence-electron chi connectivity index (χ1n) is 8.42. The summed E-state index contributed by atoms with van der Waals surface area (Å²) < 4.78 is 5.15. The Kier molecular flexibility index (Phi) is 5.03. The predicted octanol–water partition coefficient (Wildman–Crippen LogP) is 2.77. The van der Waals surface area contributed by atoms with E-state index in [0.29, 0.717) is 30.8 Å². The van der Waals surface area contributed by atoms with Crippen molar-refractivity contribution in [1.82, 2.24) is 5.32 Å². The Morgan fingerprint density at radius 3 is 2.48 bits per heavy atom. The number of carbonyl (C=O) groups excluding carboxylic acids is 2. The maximum atomic E-state index is 12.6. The highest BCUT2D eigenvalue weighted by atomic mass is 16.5. The molecule has 25 heavy (non-hydrogen) atoms. The molecule has 130 valence electrons. The minimum absolute atomic E-state index is 0.191. The molecule has 1 aliphatic carbocycles. The van der Waals surface area contributed by atoms with Crippen molar-refractivity contribution in [2.45, 2.75) is 19.3 Å². The fraction of sp³-hybridized carbons (Fsp3) is 0.300. The van der Waals surface area contributed by atoms with Crippen molar-refractivity contribution in [1.29, 1.82) is 0 Å². The molecule has 1 fully saturated rings. The number of hydrogen-bond donors (Lipinski definition) is 2. The molecule has 1 aliphatic rings. The van der Waals surface area contributed by atoms with Crippen molar-refractivity contribution in [3.05, 3.63) is 60.2 Å². The van der Waals surface area contributed by atoms with E-state index in [1.807, 2.05) is 30.3 Å². The van der Waals surface area contributed by atoms with E-state index in [-0.39, 0.29) is 11.8 Å². The average molecular weight is 338 g/mol. The summed E-state index contributed by atoms with van der Waals surface area (Å²) in [6.07, 6.45) is 1.92. The zero-order valence-corrected chi connectivity index (χ0v) is 14.2. The third-order valence-corrected chi connectivity index (χ3v) is 4.49. The lowest BCUT2D eigenvalue weighted by molar-refractivity contribution is -0.134. The van der Waals surface area contributed by atoms with E-state index in [1.54, 1.807) is 31.4 Å². The zero-order valence-electron chi connectivity index (χ0n) is 14.2. The molecule has 2 N–H and O–H groups in total. The number of methoxy groups -OCH3 is 1. The second-order valence-corrected chi connectivity index (χ2v) is 6.26. The van der Waals surface area contributed by atoms with Crippen LogP contribution in [0.3, 0.4) is 0 Å². The highest BCUT2D eigenvalue weighted by Gasteiger charge is 2.56. The quantitative estimate of drug-likeness (QED) is 0.763. The highest BCUT2D eigenvalue weighted by Crippen LogP contribution is 2.46. The van der Waals surface area contributed by atoms with Gasteiger partial charge in [-0.15, -0.1) is 0 Å². The molecule has 0 radical (unpaired) electrons. The van der Waals surface area contributed by atoms with Crippen molar-refractivity contribution in [2.24, 2.45) is 5.41 Å². The van der Waals surface area contributed by atoms with Gasteiger partial charge in [0.05, 0.1) is 7.11 Å². The maximum absolute atomic E-state index is 12.6. The van der Waals surface area contributed by atoms with Crippen molar-refractivity contribution < 1.29 is 14.3 Å². The van der Waals surface area contributed by atoms with Gasteiger partial charge in [0.25, 0.3) is 0 Å². The van der Waals surface area contributed by atoms with Gasteiger partial charge in [0, 0.05) is 18.3 Å². The predicted molar refractivity (Wildman–Crippen MR) is 96.4 cm³/mol. The number of ether oxygens (including phenoxy) is 1. The maximum Gasteiger partial charge on any atom is 0.240 e. The minimum atomic E-state index is -0.931. The Labute approximate surface area is 147 Å². The van der Waals surface area contributed by atoms with E-state index in [2.05, 4.69) is 10.6 Å². The van der Waals surface area contributed by atoms with E-state index in [1.165, 1.54) is 0 Å². The van der Waals surface area contributed by atoms with E-state index in [0.717, 1.165) is 12.0 Å². The lowest BCUT2D eigenvalue weighted by atomic mass is 10.0. The van der Waals surface area contributed by atoms with Gasteiger partial charge >= 0.3 is 0 Å². The molecule has 3 rings (SSSR count). The molecule has 0 aromatic heterocycles. The molecular formula is C20H22N2O3. The van der Waals surface area contributed by atoms with Gasteiger partial charge in [0.2, 0.25) is 11.8 Å². The van der Waals surface area contributed by atoms with Crippen LogP contribution in [0.4, 0.5) is 5.69 Å². The average Bonchev–Trinajstić information content (AvgIpc) is 3.45. The van der Waals surface area contributed by atoms with E-state index < -0.39 is 5.41 Å². The summed E-state index contributed by atoms with van der Waals surface area (Å²) in [7, 11) is 1.57. The molecule has 2 aromatic carbocycles. The number of rotatable bonds is 7. The molecule has 5 heteroatoms. The topological polar surface area (TPSA) is 67.4 Å². The van der Waals surface area contributed by atoms with Crippen LogP contribution in [0.2, 0.25) is 0 Å². The molecule has 0 heterocycles. The van der Waals surface area contributed by atoms with Crippen LogP contribution in [-0.2, 0) is 16.0 Å². The van der Waals surface area contributed by atoms with Gasteiger partial charge in [-0.2, -0.15) is 0 Å². The number of amides is 2. The number of anilines is 1. The lowest BCUT2D eigenvalue weighted by Gasteiger charge is -2.16. The van der Waals surface area contributed by atoms with Crippen LogP contribution < -0.4 is 15.4 Å². The molecule has 0 bridgehead atoms. The first kappa shape index (κ1) is 17.0. The second-order valence-electron chi connectivity index (χ2n) is 6.26. The summed E-state index contributed by atoms with van der Waals surface area (Å²) in [5, 5.41) is 5.73. The molecule has 0 atom stereocenters. The fourth-order valence-corrected chi connectivity index (χ4v) is 2.77. The molecule has 5 nitrogen and oxygen atoms in total. The van der Waals surface area contributed by atoms with Crippen molar-refractivity contribution in [2.75, 3.05) is 19.0 Å². The summed E-state index contributed by atoms with van der Waals surface area (Å²) in [5.41, 5.74) is 0.862. The molecule has 2 aromatic rings. The summed E-state index contributed by atoms with van der Waals surface area (Å²) in [6, 6.07) is 17.1. The van der Waals surface area contributed by atoms with Gasteiger partial charge in [0.15, 0.2) is 0 Å². The summed E-state index contributed by atoms with van der Waals surface area (Å²) >= 11 is 0. The van der Waals surface area contributed by atoms with E-state index in [4.69, 9.17) is 4.74 Å². The van der Waals surface area contributed by atoms with Crippen molar-refractivity contribution in [3.63, 3.8) is 0 Å². The van der Waals surface area contributed by atoms with E-state index >= 15 is 0 Å². The molecule has 0 saturated heterocycles. The Bertz CT molecular complexity index is 755. The first-order chi connectivity index (χ1) is 12.1. The van der Waals surface area contributed by atoms with Crippen LogP contribution in [0, 0.1) is 5.41 Å². The van der Waals surface area contributed by atoms with Gasteiger partial charge in [-0.05, 0) is 37.0 Å². The van der Waals surface area contributed by atoms with Crippen LogP contribution in [0.15, 0.2) is 54.6 Å². The molecule has 0 unspecified atom stereocenters. The van der Waals surface area contributed by atoms with Gasteiger partial charge in [-0.1, -0.05) is 36.4 Å². The molecule has 2 amide bonds. The number of nitrogens with one attached hydrogen (secondary N) is 2. The third kappa shape index (κ3) is 3.99. The largest absolute Gasteiger partial charge is 0.497 e. The molecule has 0 aliphatic heterocycles. The van der Waals surface area contributed by atoms with Crippen LogP contribution in [0.25, 0.3) is 0 Å². The molecule has 0 spiro atoms. The summed E-state index contributed by atoms with van der Waals surface area (Å²) in [5.74, 6) is 0.219.